The van der Waals surface area contributed by atoms with Crippen molar-refractivity contribution in [2.45, 2.75) is 6.92 Å². The van der Waals surface area contributed by atoms with Gasteiger partial charge in [-0.15, -0.1) is 0 Å². The fourth-order valence-corrected chi connectivity index (χ4v) is 3.04. The first-order valence-electron chi connectivity index (χ1n) is 5.46. The van der Waals surface area contributed by atoms with Crippen molar-refractivity contribution < 1.29 is 4.79 Å². The summed E-state index contributed by atoms with van der Waals surface area (Å²) in [7, 11) is 0. The highest BCUT2D eigenvalue weighted by atomic mass is 79.9. The molecular formula is C13H11Br2N3O. The van der Waals surface area contributed by atoms with Gasteiger partial charge < -0.3 is 11.1 Å². The molecule has 1 heterocycles. The van der Waals surface area contributed by atoms with Crippen LogP contribution < -0.4 is 11.1 Å². The quantitative estimate of drug-likeness (QED) is 0.774. The standard InChI is InChI=1S/C13H11Br2N3O/c1-7-9(3-2-4-17-7)13(19)18-12-10(14)5-8(16)6-11(12)15/h2-6H,16H2,1H3,(H,18,19). The van der Waals surface area contributed by atoms with E-state index in [0.717, 1.165) is 0 Å². The van der Waals surface area contributed by atoms with E-state index in [2.05, 4.69) is 42.2 Å². The summed E-state index contributed by atoms with van der Waals surface area (Å²) in [6.07, 6.45) is 1.65. The van der Waals surface area contributed by atoms with Crippen LogP contribution in [0.15, 0.2) is 39.4 Å². The van der Waals surface area contributed by atoms with Crippen LogP contribution in [-0.4, -0.2) is 10.9 Å². The molecule has 0 saturated carbocycles. The molecule has 0 bridgehead atoms. The molecule has 1 aromatic heterocycles. The Labute approximate surface area is 127 Å². The third-order valence-corrected chi connectivity index (χ3v) is 3.81. The molecule has 2 rings (SSSR count). The molecule has 6 heteroatoms. The van der Waals surface area contributed by atoms with E-state index in [-0.39, 0.29) is 5.91 Å². The zero-order valence-corrected chi connectivity index (χ0v) is 13.2. The number of nitrogens with zero attached hydrogens (tertiary/aromatic N) is 1. The highest BCUT2D eigenvalue weighted by Crippen LogP contribution is 2.33. The summed E-state index contributed by atoms with van der Waals surface area (Å²) in [6, 6.07) is 6.93. The zero-order chi connectivity index (χ0) is 14.0. The number of hydrogen-bond acceptors (Lipinski definition) is 3. The molecule has 0 fully saturated rings. The van der Waals surface area contributed by atoms with Crippen molar-refractivity contribution in [2.24, 2.45) is 0 Å². The minimum absolute atomic E-state index is 0.211. The molecule has 1 amide bonds. The number of anilines is 2. The molecule has 0 saturated heterocycles. The second-order valence-corrected chi connectivity index (χ2v) is 5.66. The number of hydrogen-bond donors (Lipinski definition) is 2. The van der Waals surface area contributed by atoms with Crippen molar-refractivity contribution >= 4 is 49.1 Å². The molecular weight excluding hydrogens is 374 g/mol. The van der Waals surface area contributed by atoms with Gasteiger partial charge in [-0.1, -0.05) is 0 Å². The molecule has 3 N–H and O–H groups in total. The normalized spacial score (nSPS) is 10.3. The molecule has 4 nitrogen and oxygen atoms in total. The van der Waals surface area contributed by atoms with Crippen LogP contribution in [-0.2, 0) is 0 Å². The van der Waals surface area contributed by atoms with E-state index in [1.165, 1.54) is 0 Å². The maximum atomic E-state index is 12.2. The number of pyridine rings is 1. The number of carbonyl (C=O) groups excluding carboxylic acids is 1. The predicted molar refractivity (Wildman–Crippen MR) is 83.2 cm³/mol. The van der Waals surface area contributed by atoms with Gasteiger partial charge in [0, 0.05) is 26.5 Å². The largest absolute Gasteiger partial charge is 0.399 e. The number of carbonyl (C=O) groups is 1. The van der Waals surface area contributed by atoms with Crippen LogP contribution in [0.1, 0.15) is 16.1 Å². The SMILES string of the molecule is Cc1ncccc1C(=O)Nc1c(Br)cc(N)cc1Br. The number of rotatable bonds is 2. The van der Waals surface area contributed by atoms with Crippen molar-refractivity contribution in [3.8, 4) is 0 Å². The zero-order valence-electron chi connectivity index (χ0n) is 10.1. The smallest absolute Gasteiger partial charge is 0.257 e. The Hall–Kier alpha value is -1.40. The number of nitrogens with one attached hydrogen (secondary N) is 1. The van der Waals surface area contributed by atoms with Gasteiger partial charge in [0.2, 0.25) is 0 Å². The lowest BCUT2D eigenvalue weighted by atomic mass is 10.2. The molecule has 98 valence electrons. The Bertz CT molecular complexity index is 621. The number of nitrogen functional groups attached to an aromatic ring is 1. The molecule has 2 aromatic rings. The number of halogens is 2. The first-order chi connectivity index (χ1) is 8.99. The van der Waals surface area contributed by atoms with Crippen LogP contribution in [0.5, 0.6) is 0 Å². The Kier molecular flexibility index (Phi) is 4.21. The molecule has 0 aliphatic carbocycles. The highest BCUT2D eigenvalue weighted by molar-refractivity contribution is 9.11. The molecule has 0 aliphatic heterocycles. The van der Waals surface area contributed by atoms with Crippen LogP contribution in [0, 0.1) is 6.92 Å². The van der Waals surface area contributed by atoms with Crippen LogP contribution in [0.3, 0.4) is 0 Å². The molecule has 0 aliphatic rings. The Morgan fingerprint density at radius 1 is 1.32 bits per heavy atom. The first-order valence-corrected chi connectivity index (χ1v) is 7.05. The van der Waals surface area contributed by atoms with Gasteiger partial charge >= 0.3 is 0 Å². The van der Waals surface area contributed by atoms with Gasteiger partial charge in [-0.25, -0.2) is 0 Å². The summed E-state index contributed by atoms with van der Waals surface area (Å²) in [5.74, 6) is -0.211. The second kappa shape index (κ2) is 5.71. The molecule has 19 heavy (non-hydrogen) atoms. The molecule has 0 unspecified atom stereocenters. The average molecular weight is 385 g/mol. The van der Waals surface area contributed by atoms with Crippen molar-refractivity contribution in [1.82, 2.24) is 4.98 Å². The molecule has 1 aromatic carbocycles. The Morgan fingerprint density at radius 2 is 1.95 bits per heavy atom. The van der Waals surface area contributed by atoms with Gasteiger partial charge in [-0.2, -0.15) is 0 Å². The van der Waals surface area contributed by atoms with Crippen LogP contribution in [0.4, 0.5) is 11.4 Å². The van der Waals surface area contributed by atoms with Gasteiger partial charge in [-0.3, -0.25) is 9.78 Å². The number of aromatic nitrogens is 1. The van der Waals surface area contributed by atoms with E-state index >= 15 is 0 Å². The van der Waals surface area contributed by atoms with E-state index in [0.29, 0.717) is 31.6 Å². The van der Waals surface area contributed by atoms with Gasteiger partial charge in [0.1, 0.15) is 0 Å². The fraction of sp³-hybridized carbons (Fsp3) is 0.0769. The van der Waals surface area contributed by atoms with Gasteiger partial charge in [0.05, 0.1) is 11.3 Å². The lowest BCUT2D eigenvalue weighted by Gasteiger charge is -2.11. The van der Waals surface area contributed by atoms with Crippen molar-refractivity contribution in [2.75, 3.05) is 11.1 Å². The van der Waals surface area contributed by atoms with Crippen LogP contribution in [0.25, 0.3) is 0 Å². The lowest BCUT2D eigenvalue weighted by molar-refractivity contribution is 0.102. The average Bonchev–Trinajstić information content (AvgIpc) is 2.34. The monoisotopic (exact) mass is 383 g/mol. The molecule has 0 spiro atoms. The van der Waals surface area contributed by atoms with E-state index in [1.54, 1.807) is 37.4 Å². The minimum atomic E-state index is -0.211. The molecule has 0 radical (unpaired) electrons. The minimum Gasteiger partial charge on any atom is -0.399 e. The number of aryl methyl sites for hydroxylation is 1. The third kappa shape index (κ3) is 3.13. The summed E-state index contributed by atoms with van der Waals surface area (Å²) in [4.78, 5) is 16.3. The van der Waals surface area contributed by atoms with Crippen molar-refractivity contribution in [1.29, 1.82) is 0 Å². The highest BCUT2D eigenvalue weighted by Gasteiger charge is 2.13. The molecule has 0 atom stereocenters. The third-order valence-electron chi connectivity index (χ3n) is 2.55. The van der Waals surface area contributed by atoms with E-state index < -0.39 is 0 Å². The number of nitrogens with two attached hydrogens (primary N) is 1. The summed E-state index contributed by atoms with van der Waals surface area (Å²) < 4.78 is 1.43. The number of amides is 1. The summed E-state index contributed by atoms with van der Waals surface area (Å²) in [5.41, 5.74) is 8.18. The predicted octanol–water partition coefficient (Wildman–Crippen LogP) is 3.75. The summed E-state index contributed by atoms with van der Waals surface area (Å²) >= 11 is 6.75. The first kappa shape index (κ1) is 14.0. The van der Waals surface area contributed by atoms with E-state index in [9.17, 15) is 4.79 Å². The van der Waals surface area contributed by atoms with Gasteiger partial charge in [0.25, 0.3) is 5.91 Å². The Morgan fingerprint density at radius 3 is 2.53 bits per heavy atom. The van der Waals surface area contributed by atoms with E-state index in [4.69, 9.17) is 5.73 Å². The Balaban J connectivity index is 2.32. The maximum absolute atomic E-state index is 12.2. The van der Waals surface area contributed by atoms with Crippen molar-refractivity contribution in [3.05, 3.63) is 50.7 Å². The van der Waals surface area contributed by atoms with Crippen LogP contribution >= 0.6 is 31.9 Å². The lowest BCUT2D eigenvalue weighted by Crippen LogP contribution is -2.14. The topological polar surface area (TPSA) is 68.0 Å². The van der Waals surface area contributed by atoms with Crippen LogP contribution in [0.2, 0.25) is 0 Å². The second-order valence-electron chi connectivity index (χ2n) is 3.95. The fourth-order valence-electron chi connectivity index (χ4n) is 1.62. The summed E-state index contributed by atoms with van der Waals surface area (Å²) in [5, 5.41) is 2.83. The maximum Gasteiger partial charge on any atom is 0.257 e. The van der Waals surface area contributed by atoms with Gasteiger partial charge in [-0.05, 0) is 63.0 Å². The van der Waals surface area contributed by atoms with E-state index in [1.807, 2.05) is 0 Å². The van der Waals surface area contributed by atoms with Gasteiger partial charge in [0.15, 0.2) is 0 Å². The van der Waals surface area contributed by atoms with Crippen molar-refractivity contribution in [3.63, 3.8) is 0 Å². The summed E-state index contributed by atoms with van der Waals surface area (Å²) in [6.45, 7) is 1.79. The number of benzene rings is 1.